The molecule has 0 saturated carbocycles. The molecule has 112 valence electrons. The average molecular weight is 317 g/mol. The summed E-state index contributed by atoms with van der Waals surface area (Å²) in [6.07, 6.45) is 3.03. The molecule has 0 unspecified atom stereocenters. The van der Waals surface area contributed by atoms with Crippen LogP contribution in [-0.4, -0.2) is 56.9 Å². The van der Waals surface area contributed by atoms with Gasteiger partial charge in [-0.3, -0.25) is 4.90 Å². The highest BCUT2D eigenvalue weighted by atomic mass is 32.2. The number of nitrogens with zero attached hydrogens (tertiary/aromatic N) is 2. The van der Waals surface area contributed by atoms with E-state index in [9.17, 15) is 8.42 Å². The first-order chi connectivity index (χ1) is 9.51. The van der Waals surface area contributed by atoms with Crippen LogP contribution in [0, 0.1) is 11.8 Å². The zero-order valence-electron chi connectivity index (χ0n) is 11.4. The molecule has 20 heavy (non-hydrogen) atoms. The summed E-state index contributed by atoms with van der Waals surface area (Å²) in [6.45, 7) is 3.89. The van der Waals surface area contributed by atoms with Gasteiger partial charge in [0, 0.05) is 36.6 Å². The van der Waals surface area contributed by atoms with Crippen molar-refractivity contribution >= 4 is 21.4 Å². The van der Waals surface area contributed by atoms with Gasteiger partial charge in [0.1, 0.15) is 5.01 Å². The molecule has 0 aromatic carbocycles. The zero-order chi connectivity index (χ0) is 14.2. The second-order valence-corrected chi connectivity index (χ2v) is 8.34. The SMILES string of the molecule is CS(=O)(=O)N[C@H]1COC[C@@H]2CN(Cc3nccs3)C[C@@H]21. The summed E-state index contributed by atoms with van der Waals surface area (Å²) in [5.41, 5.74) is 0. The van der Waals surface area contributed by atoms with Gasteiger partial charge in [0.15, 0.2) is 0 Å². The molecule has 6 nitrogen and oxygen atoms in total. The maximum Gasteiger partial charge on any atom is 0.209 e. The molecule has 2 saturated heterocycles. The van der Waals surface area contributed by atoms with Gasteiger partial charge in [-0.2, -0.15) is 0 Å². The van der Waals surface area contributed by atoms with E-state index in [2.05, 4.69) is 14.6 Å². The molecule has 1 N–H and O–H groups in total. The van der Waals surface area contributed by atoms with E-state index in [0.29, 0.717) is 18.4 Å². The largest absolute Gasteiger partial charge is 0.379 e. The highest BCUT2D eigenvalue weighted by molar-refractivity contribution is 7.88. The van der Waals surface area contributed by atoms with Crippen molar-refractivity contribution in [3.05, 3.63) is 16.6 Å². The third-order valence-corrected chi connectivity index (χ3v) is 5.42. The molecule has 0 bridgehead atoms. The molecule has 2 aliphatic rings. The van der Waals surface area contributed by atoms with Gasteiger partial charge < -0.3 is 4.74 Å². The Kier molecular flexibility index (Phi) is 4.09. The molecule has 1 aromatic heterocycles. The van der Waals surface area contributed by atoms with Gasteiger partial charge in [-0.05, 0) is 5.92 Å². The molecule has 8 heteroatoms. The lowest BCUT2D eigenvalue weighted by Crippen LogP contribution is -2.49. The Morgan fingerprint density at radius 2 is 2.35 bits per heavy atom. The number of nitrogens with one attached hydrogen (secondary N) is 1. The third-order valence-electron chi connectivity index (χ3n) is 3.92. The Bertz CT molecular complexity index is 546. The summed E-state index contributed by atoms with van der Waals surface area (Å²) in [4.78, 5) is 6.66. The fraction of sp³-hybridized carbons (Fsp3) is 0.750. The summed E-state index contributed by atoms with van der Waals surface area (Å²) < 4.78 is 31.1. The second-order valence-electron chi connectivity index (χ2n) is 5.58. The van der Waals surface area contributed by atoms with E-state index in [1.165, 1.54) is 6.26 Å². The minimum absolute atomic E-state index is 0.106. The monoisotopic (exact) mass is 317 g/mol. The summed E-state index contributed by atoms with van der Waals surface area (Å²) in [5.74, 6) is 0.737. The van der Waals surface area contributed by atoms with Crippen LogP contribution in [0.2, 0.25) is 0 Å². The fourth-order valence-corrected chi connectivity index (χ4v) is 4.59. The highest BCUT2D eigenvalue weighted by Gasteiger charge is 2.41. The van der Waals surface area contributed by atoms with Crippen molar-refractivity contribution < 1.29 is 13.2 Å². The van der Waals surface area contributed by atoms with Crippen LogP contribution in [0.3, 0.4) is 0 Å². The van der Waals surface area contributed by atoms with Crippen LogP contribution >= 0.6 is 11.3 Å². The van der Waals surface area contributed by atoms with Gasteiger partial charge in [0.2, 0.25) is 10.0 Å². The van der Waals surface area contributed by atoms with Crippen LogP contribution in [0.1, 0.15) is 5.01 Å². The molecule has 3 atom stereocenters. The predicted octanol–water partition coefficient (Wildman–Crippen LogP) is 0.139. The van der Waals surface area contributed by atoms with Crippen LogP contribution in [0.25, 0.3) is 0 Å². The minimum Gasteiger partial charge on any atom is -0.379 e. The summed E-state index contributed by atoms with van der Waals surface area (Å²) in [6, 6.07) is -0.106. The van der Waals surface area contributed by atoms with Gasteiger partial charge in [0.05, 0.1) is 26.0 Å². The Morgan fingerprint density at radius 3 is 3.05 bits per heavy atom. The first-order valence-corrected chi connectivity index (χ1v) is 9.44. The van der Waals surface area contributed by atoms with E-state index in [-0.39, 0.29) is 6.04 Å². The summed E-state index contributed by atoms with van der Waals surface area (Å²) in [5, 5.41) is 3.09. The van der Waals surface area contributed by atoms with E-state index in [0.717, 1.165) is 31.2 Å². The molecular weight excluding hydrogens is 298 g/mol. The van der Waals surface area contributed by atoms with Crippen LogP contribution in [-0.2, 0) is 21.3 Å². The molecular formula is C12H19N3O3S2. The first-order valence-electron chi connectivity index (χ1n) is 6.67. The maximum absolute atomic E-state index is 11.4. The van der Waals surface area contributed by atoms with Crippen molar-refractivity contribution in [1.29, 1.82) is 0 Å². The fourth-order valence-electron chi connectivity index (χ4n) is 3.14. The van der Waals surface area contributed by atoms with Crippen molar-refractivity contribution in [2.24, 2.45) is 11.8 Å². The molecule has 0 aliphatic carbocycles. The van der Waals surface area contributed by atoms with Crippen molar-refractivity contribution in [2.45, 2.75) is 12.6 Å². The van der Waals surface area contributed by atoms with Crippen molar-refractivity contribution in [3.8, 4) is 0 Å². The molecule has 0 radical (unpaired) electrons. The molecule has 0 spiro atoms. The van der Waals surface area contributed by atoms with E-state index >= 15 is 0 Å². The Hall–Kier alpha value is -0.540. The molecule has 2 aliphatic heterocycles. The van der Waals surface area contributed by atoms with Gasteiger partial charge >= 0.3 is 0 Å². The van der Waals surface area contributed by atoms with Crippen molar-refractivity contribution in [1.82, 2.24) is 14.6 Å². The quantitative estimate of drug-likeness (QED) is 0.855. The molecule has 1 aromatic rings. The first kappa shape index (κ1) is 14.4. The number of thiazole rings is 1. The number of ether oxygens (including phenoxy) is 1. The molecule has 2 fully saturated rings. The number of sulfonamides is 1. The van der Waals surface area contributed by atoms with Crippen molar-refractivity contribution in [3.63, 3.8) is 0 Å². The van der Waals surface area contributed by atoms with Crippen LogP contribution < -0.4 is 4.72 Å². The van der Waals surface area contributed by atoms with E-state index < -0.39 is 10.0 Å². The molecule has 3 rings (SSSR count). The topological polar surface area (TPSA) is 71.5 Å². The predicted molar refractivity (Wildman–Crippen MR) is 77.0 cm³/mol. The molecule has 0 amide bonds. The number of hydrogen-bond donors (Lipinski definition) is 1. The standard InChI is InChI=1S/C12H19N3O3S2/c1-20(16,17)14-11-8-18-7-9-4-15(5-10(9)11)6-12-13-2-3-19-12/h2-3,9-11,14H,4-8H2,1H3/t9-,10-,11-/m0/s1. The summed E-state index contributed by atoms with van der Waals surface area (Å²) >= 11 is 1.66. The van der Waals surface area contributed by atoms with Gasteiger partial charge in [0.25, 0.3) is 0 Å². The highest BCUT2D eigenvalue weighted by Crippen LogP contribution is 2.31. The number of hydrogen-bond acceptors (Lipinski definition) is 6. The van der Waals surface area contributed by atoms with Crippen LogP contribution in [0.4, 0.5) is 0 Å². The minimum atomic E-state index is -3.19. The van der Waals surface area contributed by atoms with Crippen LogP contribution in [0.5, 0.6) is 0 Å². The van der Waals surface area contributed by atoms with Gasteiger partial charge in [-0.15, -0.1) is 11.3 Å². The average Bonchev–Trinajstić information content (AvgIpc) is 2.97. The van der Waals surface area contributed by atoms with E-state index in [1.807, 2.05) is 11.6 Å². The number of rotatable bonds is 4. The number of fused-ring (bicyclic) bond motifs is 1. The lowest BCUT2D eigenvalue weighted by atomic mass is 9.88. The summed E-state index contributed by atoms with van der Waals surface area (Å²) in [7, 11) is -3.19. The molecule has 3 heterocycles. The Labute approximate surface area is 123 Å². The zero-order valence-corrected chi connectivity index (χ0v) is 13.0. The van der Waals surface area contributed by atoms with Gasteiger partial charge in [-0.25, -0.2) is 18.1 Å². The van der Waals surface area contributed by atoms with Gasteiger partial charge in [-0.1, -0.05) is 0 Å². The lowest BCUT2D eigenvalue weighted by molar-refractivity contribution is 0.0164. The van der Waals surface area contributed by atoms with E-state index in [1.54, 1.807) is 11.3 Å². The van der Waals surface area contributed by atoms with Crippen LogP contribution in [0.15, 0.2) is 11.6 Å². The Balaban J connectivity index is 1.65. The number of aromatic nitrogens is 1. The second kappa shape index (κ2) is 5.69. The maximum atomic E-state index is 11.4. The normalized spacial score (nSPS) is 31.4. The smallest absolute Gasteiger partial charge is 0.209 e. The van der Waals surface area contributed by atoms with Crippen molar-refractivity contribution in [2.75, 3.05) is 32.6 Å². The van der Waals surface area contributed by atoms with E-state index in [4.69, 9.17) is 4.74 Å². The lowest BCUT2D eigenvalue weighted by Gasteiger charge is -2.32. The Morgan fingerprint density at radius 1 is 1.50 bits per heavy atom. The third kappa shape index (κ3) is 3.37. The number of likely N-dealkylation sites (tertiary alicyclic amines) is 1.